The van der Waals surface area contributed by atoms with E-state index < -0.39 is 10.0 Å². The molecule has 24 heavy (non-hydrogen) atoms. The van der Waals surface area contributed by atoms with Gasteiger partial charge in [0.15, 0.2) is 0 Å². The zero-order valence-electron chi connectivity index (χ0n) is 13.7. The third-order valence-corrected chi connectivity index (χ3v) is 5.66. The number of nitrogens with zero attached hydrogens (tertiary/aromatic N) is 1. The fraction of sp³-hybridized carbons (Fsp3) is 0.278. The quantitative estimate of drug-likeness (QED) is 0.926. The number of rotatable bonds is 4. The number of hydrogen-bond acceptors (Lipinski definition) is 3. The van der Waals surface area contributed by atoms with Gasteiger partial charge in [0, 0.05) is 24.3 Å². The number of carbonyl (C=O) groups excluding carboxylic acids is 1. The molecule has 1 fully saturated rings. The molecule has 6 heteroatoms. The van der Waals surface area contributed by atoms with Crippen molar-refractivity contribution in [3.63, 3.8) is 0 Å². The van der Waals surface area contributed by atoms with E-state index >= 15 is 0 Å². The third-order valence-electron chi connectivity index (χ3n) is 4.14. The van der Waals surface area contributed by atoms with Gasteiger partial charge in [-0.2, -0.15) is 0 Å². The highest BCUT2D eigenvalue weighted by atomic mass is 32.2. The molecule has 1 amide bonds. The predicted molar refractivity (Wildman–Crippen MR) is 94.8 cm³/mol. The zero-order valence-corrected chi connectivity index (χ0v) is 14.6. The van der Waals surface area contributed by atoms with Crippen LogP contribution in [0.2, 0.25) is 0 Å². The molecule has 0 unspecified atom stereocenters. The molecule has 0 atom stereocenters. The number of anilines is 2. The van der Waals surface area contributed by atoms with E-state index in [-0.39, 0.29) is 10.8 Å². The van der Waals surface area contributed by atoms with Crippen molar-refractivity contribution in [2.45, 2.75) is 31.6 Å². The molecule has 0 spiro atoms. The lowest BCUT2D eigenvalue weighted by atomic mass is 10.2. The van der Waals surface area contributed by atoms with Crippen LogP contribution in [0.1, 0.15) is 24.0 Å². The molecule has 1 aliphatic heterocycles. The molecule has 1 aliphatic rings. The summed E-state index contributed by atoms with van der Waals surface area (Å²) in [5.74, 6) is 0.110. The number of aryl methyl sites for hydroxylation is 2. The SMILES string of the molecule is Cc1ccc(C)c(S(=O)(=O)Nc2ccc(N3CCCC3=O)cc2)c1. The summed E-state index contributed by atoms with van der Waals surface area (Å²) in [6.45, 7) is 4.35. The maximum absolute atomic E-state index is 12.6. The molecular formula is C18H20N2O3S. The largest absolute Gasteiger partial charge is 0.312 e. The van der Waals surface area contributed by atoms with Crippen LogP contribution in [-0.2, 0) is 14.8 Å². The fourth-order valence-electron chi connectivity index (χ4n) is 2.84. The first-order chi connectivity index (χ1) is 11.4. The Morgan fingerprint density at radius 2 is 1.75 bits per heavy atom. The summed E-state index contributed by atoms with van der Waals surface area (Å²) in [5, 5.41) is 0. The van der Waals surface area contributed by atoms with E-state index in [4.69, 9.17) is 0 Å². The lowest BCUT2D eigenvalue weighted by Crippen LogP contribution is -2.23. The molecule has 1 N–H and O–H groups in total. The van der Waals surface area contributed by atoms with Crippen molar-refractivity contribution in [2.75, 3.05) is 16.2 Å². The first kappa shape index (κ1) is 16.5. The van der Waals surface area contributed by atoms with Crippen molar-refractivity contribution < 1.29 is 13.2 Å². The predicted octanol–water partition coefficient (Wildman–Crippen LogP) is 3.23. The van der Waals surface area contributed by atoms with Crippen LogP contribution in [0, 0.1) is 13.8 Å². The Morgan fingerprint density at radius 3 is 2.38 bits per heavy atom. The van der Waals surface area contributed by atoms with Gasteiger partial charge >= 0.3 is 0 Å². The molecule has 2 aromatic carbocycles. The summed E-state index contributed by atoms with van der Waals surface area (Å²) in [6.07, 6.45) is 1.43. The van der Waals surface area contributed by atoms with Crippen LogP contribution in [0.15, 0.2) is 47.4 Å². The van der Waals surface area contributed by atoms with Gasteiger partial charge in [0.25, 0.3) is 10.0 Å². The van der Waals surface area contributed by atoms with E-state index in [0.29, 0.717) is 24.2 Å². The Kier molecular flexibility index (Phi) is 4.32. The van der Waals surface area contributed by atoms with E-state index in [1.54, 1.807) is 48.2 Å². The maximum atomic E-state index is 12.6. The van der Waals surface area contributed by atoms with Crippen LogP contribution in [0.25, 0.3) is 0 Å². The van der Waals surface area contributed by atoms with Gasteiger partial charge in [-0.1, -0.05) is 12.1 Å². The molecule has 0 bridgehead atoms. The van der Waals surface area contributed by atoms with Crippen molar-refractivity contribution in [1.82, 2.24) is 0 Å². The summed E-state index contributed by atoms with van der Waals surface area (Å²) < 4.78 is 27.8. The van der Waals surface area contributed by atoms with Gasteiger partial charge in [0.2, 0.25) is 5.91 Å². The van der Waals surface area contributed by atoms with Gasteiger partial charge in [-0.15, -0.1) is 0 Å². The van der Waals surface area contributed by atoms with Crippen LogP contribution >= 0.6 is 0 Å². The van der Waals surface area contributed by atoms with E-state index in [1.807, 2.05) is 13.0 Å². The van der Waals surface area contributed by atoms with E-state index in [2.05, 4.69) is 4.72 Å². The molecule has 126 valence electrons. The average Bonchev–Trinajstić information content (AvgIpc) is 2.96. The van der Waals surface area contributed by atoms with Crippen LogP contribution in [0.4, 0.5) is 11.4 Å². The molecule has 0 aromatic heterocycles. The Labute approximate surface area is 142 Å². The second-order valence-electron chi connectivity index (χ2n) is 6.07. The van der Waals surface area contributed by atoms with Crippen LogP contribution < -0.4 is 9.62 Å². The number of nitrogens with one attached hydrogen (secondary N) is 1. The summed E-state index contributed by atoms with van der Waals surface area (Å²) in [7, 11) is -3.64. The van der Waals surface area contributed by atoms with Crippen molar-refractivity contribution in [3.8, 4) is 0 Å². The van der Waals surface area contributed by atoms with Crippen LogP contribution in [0.3, 0.4) is 0 Å². The highest BCUT2D eigenvalue weighted by Gasteiger charge is 2.22. The van der Waals surface area contributed by atoms with Crippen LogP contribution in [0.5, 0.6) is 0 Å². The first-order valence-electron chi connectivity index (χ1n) is 7.87. The Morgan fingerprint density at radius 1 is 1.04 bits per heavy atom. The molecule has 5 nitrogen and oxygen atoms in total. The van der Waals surface area contributed by atoms with Gasteiger partial charge in [-0.25, -0.2) is 8.42 Å². The topological polar surface area (TPSA) is 66.5 Å². The minimum atomic E-state index is -3.64. The third kappa shape index (κ3) is 3.28. The lowest BCUT2D eigenvalue weighted by molar-refractivity contribution is -0.117. The van der Waals surface area contributed by atoms with Crippen molar-refractivity contribution in [1.29, 1.82) is 0 Å². The van der Waals surface area contributed by atoms with Crippen molar-refractivity contribution in [3.05, 3.63) is 53.6 Å². The number of amides is 1. The second-order valence-corrected chi connectivity index (χ2v) is 7.72. The summed E-state index contributed by atoms with van der Waals surface area (Å²) in [5.41, 5.74) is 2.87. The maximum Gasteiger partial charge on any atom is 0.262 e. The molecule has 1 heterocycles. The molecular weight excluding hydrogens is 324 g/mol. The Bertz CT molecular complexity index is 874. The Balaban J connectivity index is 1.83. The van der Waals surface area contributed by atoms with Gasteiger partial charge < -0.3 is 4.90 Å². The molecule has 0 saturated carbocycles. The van der Waals surface area contributed by atoms with Crippen molar-refractivity contribution in [2.24, 2.45) is 0 Å². The number of hydrogen-bond donors (Lipinski definition) is 1. The number of carbonyl (C=O) groups is 1. The Hall–Kier alpha value is -2.34. The van der Waals surface area contributed by atoms with Gasteiger partial charge in [0.05, 0.1) is 4.90 Å². The number of benzene rings is 2. The normalized spacial score (nSPS) is 14.9. The van der Waals surface area contributed by atoms with Gasteiger partial charge in [0.1, 0.15) is 0 Å². The van der Waals surface area contributed by atoms with Crippen LogP contribution in [-0.4, -0.2) is 20.9 Å². The standard InChI is InChI=1S/C18H20N2O3S/c1-13-5-6-14(2)17(12-13)24(22,23)19-15-7-9-16(10-8-15)20-11-3-4-18(20)21/h5-10,12,19H,3-4,11H2,1-2H3. The average molecular weight is 344 g/mol. The second kappa shape index (κ2) is 6.28. The molecule has 0 aliphatic carbocycles. The van der Waals surface area contributed by atoms with Gasteiger partial charge in [-0.05, 0) is 61.7 Å². The summed E-state index contributed by atoms with van der Waals surface area (Å²) >= 11 is 0. The minimum Gasteiger partial charge on any atom is -0.312 e. The minimum absolute atomic E-state index is 0.110. The number of sulfonamides is 1. The molecule has 1 saturated heterocycles. The highest BCUT2D eigenvalue weighted by molar-refractivity contribution is 7.92. The summed E-state index contributed by atoms with van der Waals surface area (Å²) in [4.78, 5) is 13.8. The smallest absolute Gasteiger partial charge is 0.262 e. The lowest BCUT2D eigenvalue weighted by Gasteiger charge is -2.16. The zero-order chi connectivity index (χ0) is 17.3. The molecule has 3 rings (SSSR count). The van der Waals surface area contributed by atoms with E-state index in [0.717, 1.165) is 17.7 Å². The van der Waals surface area contributed by atoms with Gasteiger partial charge in [-0.3, -0.25) is 9.52 Å². The molecule has 0 radical (unpaired) electrons. The van der Waals surface area contributed by atoms with E-state index in [9.17, 15) is 13.2 Å². The first-order valence-corrected chi connectivity index (χ1v) is 9.36. The monoisotopic (exact) mass is 344 g/mol. The molecule has 2 aromatic rings. The summed E-state index contributed by atoms with van der Waals surface area (Å²) in [6, 6.07) is 12.2. The highest BCUT2D eigenvalue weighted by Crippen LogP contribution is 2.25. The van der Waals surface area contributed by atoms with E-state index in [1.165, 1.54) is 0 Å². The van der Waals surface area contributed by atoms with Crippen molar-refractivity contribution >= 4 is 27.3 Å². The fourth-order valence-corrected chi connectivity index (χ4v) is 4.23.